The normalized spacial score (nSPS) is 14.3. The summed E-state index contributed by atoms with van der Waals surface area (Å²) in [6.07, 6.45) is -4.17. The van der Waals surface area contributed by atoms with E-state index >= 15 is 0 Å². The number of ether oxygens (including phenoxy) is 1. The van der Waals surface area contributed by atoms with Gasteiger partial charge in [0.2, 0.25) is 5.91 Å². The fourth-order valence-electron chi connectivity index (χ4n) is 4.24. The Balaban J connectivity index is 1.62. The number of hydrogen-bond donors (Lipinski definition) is 0. The number of carbonyl (C=O) groups is 2. The van der Waals surface area contributed by atoms with Crippen molar-refractivity contribution in [3.05, 3.63) is 75.2 Å². The number of alkyl halides is 3. The third-order valence-electron chi connectivity index (χ3n) is 6.38. The second-order valence-electron chi connectivity index (χ2n) is 9.01. The van der Waals surface area contributed by atoms with Gasteiger partial charge in [-0.05, 0) is 42.3 Å². The molecule has 3 aromatic rings. The number of hydrogen-bond acceptors (Lipinski definition) is 5. The van der Waals surface area contributed by atoms with Gasteiger partial charge in [-0.15, -0.1) is 5.10 Å². The highest BCUT2D eigenvalue weighted by atomic mass is 35.5. The Morgan fingerprint density at radius 1 is 1.13 bits per heavy atom. The lowest BCUT2D eigenvalue weighted by Gasteiger charge is -2.34. The van der Waals surface area contributed by atoms with E-state index in [1.54, 1.807) is 24.3 Å². The predicted molar refractivity (Wildman–Crippen MR) is 134 cm³/mol. The van der Waals surface area contributed by atoms with Crippen LogP contribution in [0.25, 0.3) is 11.4 Å². The van der Waals surface area contributed by atoms with Crippen molar-refractivity contribution in [3.63, 3.8) is 0 Å². The number of carbonyl (C=O) groups excluding carboxylic acids is 2. The van der Waals surface area contributed by atoms with Crippen LogP contribution >= 0.6 is 11.6 Å². The van der Waals surface area contributed by atoms with Gasteiger partial charge in [0.1, 0.15) is 6.54 Å². The van der Waals surface area contributed by atoms with Crippen molar-refractivity contribution >= 4 is 23.3 Å². The lowest BCUT2D eigenvalue weighted by Crippen LogP contribution is -2.45. The molecule has 2 aromatic carbocycles. The van der Waals surface area contributed by atoms with E-state index < -0.39 is 41.6 Å². The first-order valence-corrected chi connectivity index (χ1v) is 12.4. The number of aromatic nitrogens is 3. The summed E-state index contributed by atoms with van der Waals surface area (Å²) in [6, 6.07) is 11.1. The van der Waals surface area contributed by atoms with E-state index in [1.807, 2.05) is 0 Å². The monoisotopic (exact) mass is 550 g/mol. The predicted octanol–water partition coefficient (Wildman–Crippen LogP) is 4.01. The van der Waals surface area contributed by atoms with Gasteiger partial charge in [0.15, 0.2) is 11.6 Å². The van der Waals surface area contributed by atoms with Crippen molar-refractivity contribution in [1.82, 2.24) is 19.2 Å². The molecule has 0 radical (unpaired) electrons. The van der Waals surface area contributed by atoms with Crippen LogP contribution in [-0.4, -0.2) is 57.7 Å². The Hall–Kier alpha value is -3.44. The molecular formula is C26H26ClF3N4O4. The molecular weight excluding hydrogens is 525 g/mol. The van der Waals surface area contributed by atoms with Gasteiger partial charge >= 0.3 is 11.9 Å². The first-order chi connectivity index (χ1) is 18.1. The summed E-state index contributed by atoms with van der Waals surface area (Å²) in [5, 5.41) is 4.84. The summed E-state index contributed by atoms with van der Waals surface area (Å²) in [7, 11) is 1.49. The Morgan fingerprint density at radius 3 is 2.45 bits per heavy atom. The minimum Gasteiger partial charge on any atom is -0.383 e. The van der Waals surface area contributed by atoms with Crippen LogP contribution in [0.15, 0.2) is 53.3 Å². The number of halogens is 4. The quantitative estimate of drug-likeness (QED) is 0.381. The van der Waals surface area contributed by atoms with Gasteiger partial charge in [0.25, 0.3) is 0 Å². The molecule has 12 heteroatoms. The molecule has 0 spiro atoms. The Morgan fingerprint density at radius 2 is 1.84 bits per heavy atom. The van der Waals surface area contributed by atoms with Crippen molar-refractivity contribution in [3.8, 4) is 11.4 Å². The summed E-state index contributed by atoms with van der Waals surface area (Å²) in [6.45, 7) is 0.929. The number of ketones is 1. The summed E-state index contributed by atoms with van der Waals surface area (Å²) < 4.78 is 47.4. The third-order valence-corrected chi connectivity index (χ3v) is 6.64. The highest BCUT2D eigenvalue weighted by Gasteiger charge is 2.35. The maximum atomic E-state index is 13.3. The minimum absolute atomic E-state index is 0.102. The fourth-order valence-corrected chi connectivity index (χ4v) is 4.36. The second kappa shape index (κ2) is 11.5. The molecule has 1 aliphatic rings. The Kier molecular flexibility index (Phi) is 8.37. The summed E-state index contributed by atoms with van der Waals surface area (Å²) in [4.78, 5) is 40.9. The number of benzene rings is 2. The topological polar surface area (TPSA) is 86.4 Å². The van der Waals surface area contributed by atoms with Gasteiger partial charge in [0.05, 0.1) is 24.6 Å². The zero-order chi connectivity index (χ0) is 27.4. The molecule has 1 amide bonds. The SMILES string of the molecule is COCCn1c(-c2ccc(Cl)cc2)nn(CC(=O)CC(C(=O)N2CCC2)c2cccc(C(F)(F)F)c2)c1=O. The minimum atomic E-state index is -4.59. The second-order valence-corrected chi connectivity index (χ2v) is 9.45. The van der Waals surface area contributed by atoms with Crippen molar-refractivity contribution in [2.24, 2.45) is 0 Å². The van der Waals surface area contributed by atoms with Crippen LogP contribution in [0.4, 0.5) is 13.2 Å². The number of rotatable bonds is 10. The van der Waals surface area contributed by atoms with Gasteiger partial charge in [-0.25, -0.2) is 9.48 Å². The summed E-state index contributed by atoms with van der Waals surface area (Å²) in [5.41, 5.74) is -0.747. The number of methoxy groups -OCH3 is 1. The molecule has 202 valence electrons. The van der Waals surface area contributed by atoms with E-state index in [0.29, 0.717) is 29.5 Å². The molecule has 1 unspecified atom stereocenters. The first kappa shape index (κ1) is 27.6. The fraction of sp³-hybridized carbons (Fsp3) is 0.385. The highest BCUT2D eigenvalue weighted by Crippen LogP contribution is 2.33. The molecule has 2 heterocycles. The highest BCUT2D eigenvalue weighted by molar-refractivity contribution is 6.30. The standard InChI is InChI=1S/C26H26ClF3N4O4/c1-38-13-12-33-23(17-6-8-20(27)9-7-17)31-34(25(33)37)16-21(35)15-22(24(36)32-10-3-11-32)18-4-2-5-19(14-18)26(28,29)30/h2,4-9,14,22H,3,10-13,15-16H2,1H3. The Labute approximate surface area is 221 Å². The number of Topliss-reactive ketones (excluding diaryl/α,β-unsaturated/α-hetero) is 1. The third kappa shape index (κ3) is 6.16. The average molecular weight is 551 g/mol. The molecule has 1 atom stereocenters. The largest absolute Gasteiger partial charge is 0.416 e. The maximum absolute atomic E-state index is 13.3. The summed E-state index contributed by atoms with van der Waals surface area (Å²) >= 11 is 5.97. The van der Waals surface area contributed by atoms with Crippen molar-refractivity contribution in [2.75, 3.05) is 26.8 Å². The lowest BCUT2D eigenvalue weighted by molar-refractivity contribution is -0.139. The molecule has 1 fully saturated rings. The van der Waals surface area contributed by atoms with Gasteiger partial charge in [-0.2, -0.15) is 13.2 Å². The Bertz CT molecular complexity index is 1360. The van der Waals surface area contributed by atoms with Crippen LogP contribution in [0.2, 0.25) is 5.02 Å². The van der Waals surface area contributed by atoms with Crippen LogP contribution < -0.4 is 5.69 Å². The van der Waals surface area contributed by atoms with Crippen LogP contribution in [0.5, 0.6) is 0 Å². The van der Waals surface area contributed by atoms with Gasteiger partial charge in [-0.3, -0.25) is 14.2 Å². The molecule has 38 heavy (non-hydrogen) atoms. The molecule has 1 aliphatic heterocycles. The van der Waals surface area contributed by atoms with Gasteiger partial charge in [0, 0.05) is 37.2 Å². The zero-order valence-corrected chi connectivity index (χ0v) is 21.3. The van der Waals surface area contributed by atoms with E-state index in [0.717, 1.165) is 23.2 Å². The van der Waals surface area contributed by atoms with Crippen LogP contribution in [0.1, 0.15) is 29.9 Å². The number of likely N-dealkylation sites (tertiary alicyclic amines) is 1. The molecule has 4 rings (SSSR count). The maximum Gasteiger partial charge on any atom is 0.416 e. The van der Waals surface area contributed by atoms with Gasteiger partial charge in [-0.1, -0.05) is 29.8 Å². The van der Waals surface area contributed by atoms with E-state index in [1.165, 1.54) is 28.7 Å². The molecule has 1 aromatic heterocycles. The number of amides is 1. The van der Waals surface area contributed by atoms with E-state index in [4.69, 9.17) is 16.3 Å². The van der Waals surface area contributed by atoms with Crippen LogP contribution in [-0.2, 0) is 33.6 Å². The molecule has 0 aliphatic carbocycles. The molecule has 8 nitrogen and oxygen atoms in total. The molecule has 0 saturated carbocycles. The van der Waals surface area contributed by atoms with E-state index in [9.17, 15) is 27.6 Å². The van der Waals surface area contributed by atoms with E-state index in [2.05, 4.69) is 5.10 Å². The lowest BCUT2D eigenvalue weighted by atomic mass is 9.90. The van der Waals surface area contributed by atoms with Crippen LogP contribution in [0, 0.1) is 0 Å². The van der Waals surface area contributed by atoms with Crippen molar-refractivity contribution in [2.45, 2.75) is 38.0 Å². The summed E-state index contributed by atoms with van der Waals surface area (Å²) in [5.74, 6) is -1.72. The molecule has 0 bridgehead atoms. The molecule has 1 saturated heterocycles. The van der Waals surface area contributed by atoms with Crippen LogP contribution in [0.3, 0.4) is 0 Å². The first-order valence-electron chi connectivity index (χ1n) is 12.0. The zero-order valence-electron chi connectivity index (χ0n) is 20.6. The van der Waals surface area contributed by atoms with E-state index in [-0.39, 0.29) is 25.1 Å². The molecule has 0 N–H and O–H groups in total. The van der Waals surface area contributed by atoms with Crippen molar-refractivity contribution in [1.29, 1.82) is 0 Å². The number of nitrogens with zero attached hydrogens (tertiary/aromatic N) is 4. The van der Waals surface area contributed by atoms with Gasteiger partial charge < -0.3 is 9.64 Å². The van der Waals surface area contributed by atoms with Crippen molar-refractivity contribution < 1.29 is 27.5 Å². The smallest absolute Gasteiger partial charge is 0.383 e. The average Bonchev–Trinajstić information content (AvgIpc) is 3.14.